The Hall–Kier alpha value is -0.120. The normalized spacial score (nSPS) is 30.4. The molecule has 3 nitrogen and oxygen atoms in total. The summed E-state index contributed by atoms with van der Waals surface area (Å²) in [7, 11) is 0. The molecule has 2 rings (SSSR count). The van der Waals surface area contributed by atoms with Gasteiger partial charge in [-0.15, -0.1) is 0 Å². The molecule has 1 aliphatic carbocycles. The first-order valence-electron chi connectivity index (χ1n) is 6.46. The van der Waals surface area contributed by atoms with Crippen LogP contribution in [0.4, 0.5) is 0 Å². The molecule has 0 spiro atoms. The summed E-state index contributed by atoms with van der Waals surface area (Å²) < 4.78 is 0. The van der Waals surface area contributed by atoms with Crippen LogP contribution in [0.5, 0.6) is 0 Å². The van der Waals surface area contributed by atoms with Crippen molar-refractivity contribution in [1.82, 2.24) is 9.80 Å². The van der Waals surface area contributed by atoms with Gasteiger partial charge in [0.25, 0.3) is 0 Å². The van der Waals surface area contributed by atoms with Crippen LogP contribution in [0, 0.1) is 5.92 Å². The molecule has 0 aromatic carbocycles. The van der Waals surface area contributed by atoms with Crippen LogP contribution in [0.1, 0.15) is 26.2 Å². The predicted molar refractivity (Wildman–Crippen MR) is 63.9 cm³/mol. The SMILES string of the molecule is C[C@@H]1CN(CC2CCC2)CCN1CCN. The van der Waals surface area contributed by atoms with E-state index >= 15 is 0 Å². The van der Waals surface area contributed by atoms with Crippen molar-refractivity contribution in [3.05, 3.63) is 0 Å². The maximum Gasteiger partial charge on any atom is 0.0195 e. The predicted octanol–water partition coefficient (Wildman–Crippen LogP) is 0.751. The molecule has 0 amide bonds. The zero-order chi connectivity index (χ0) is 10.7. The number of nitrogens with zero attached hydrogens (tertiary/aromatic N) is 2. The van der Waals surface area contributed by atoms with E-state index in [9.17, 15) is 0 Å². The number of nitrogens with two attached hydrogens (primary N) is 1. The standard InChI is InChI=1S/C12H25N3/c1-11-9-14(10-12-3-2-4-12)7-8-15(11)6-5-13/h11-12H,2-10,13H2,1H3/t11-/m1/s1. The fourth-order valence-corrected chi connectivity index (χ4v) is 2.78. The summed E-state index contributed by atoms with van der Waals surface area (Å²) in [6.07, 6.45) is 4.40. The minimum atomic E-state index is 0.697. The molecule has 1 saturated heterocycles. The summed E-state index contributed by atoms with van der Waals surface area (Å²) in [6, 6.07) is 0.697. The average molecular weight is 211 g/mol. The molecule has 2 fully saturated rings. The minimum Gasteiger partial charge on any atom is -0.329 e. The molecule has 0 aromatic heterocycles. The molecule has 0 radical (unpaired) electrons. The van der Waals surface area contributed by atoms with Crippen LogP contribution in [0.2, 0.25) is 0 Å². The van der Waals surface area contributed by atoms with Gasteiger partial charge in [-0.25, -0.2) is 0 Å². The van der Waals surface area contributed by atoms with Gasteiger partial charge in [0.05, 0.1) is 0 Å². The van der Waals surface area contributed by atoms with Crippen LogP contribution in [0.25, 0.3) is 0 Å². The Bertz CT molecular complexity index is 191. The molecule has 0 unspecified atom stereocenters. The van der Waals surface area contributed by atoms with Crippen molar-refractivity contribution >= 4 is 0 Å². The zero-order valence-corrected chi connectivity index (χ0v) is 9.99. The van der Waals surface area contributed by atoms with Crippen molar-refractivity contribution in [3.63, 3.8) is 0 Å². The van der Waals surface area contributed by atoms with Gasteiger partial charge in [0.1, 0.15) is 0 Å². The van der Waals surface area contributed by atoms with Crippen LogP contribution in [-0.2, 0) is 0 Å². The van der Waals surface area contributed by atoms with Crippen molar-refractivity contribution in [2.45, 2.75) is 32.2 Å². The zero-order valence-electron chi connectivity index (χ0n) is 9.99. The summed E-state index contributed by atoms with van der Waals surface area (Å²) in [4.78, 5) is 5.18. The third kappa shape index (κ3) is 2.92. The first-order chi connectivity index (χ1) is 7.29. The second-order valence-electron chi connectivity index (χ2n) is 5.23. The van der Waals surface area contributed by atoms with E-state index in [4.69, 9.17) is 5.73 Å². The lowest BCUT2D eigenvalue weighted by molar-refractivity contribution is 0.0644. The number of hydrogen-bond acceptors (Lipinski definition) is 3. The van der Waals surface area contributed by atoms with Gasteiger partial charge in [-0.05, 0) is 25.7 Å². The number of hydrogen-bond donors (Lipinski definition) is 1. The first-order valence-corrected chi connectivity index (χ1v) is 6.46. The quantitative estimate of drug-likeness (QED) is 0.745. The van der Waals surface area contributed by atoms with Crippen LogP contribution >= 0.6 is 0 Å². The van der Waals surface area contributed by atoms with Crippen LogP contribution in [0.15, 0.2) is 0 Å². The fraction of sp³-hybridized carbons (Fsp3) is 1.00. The first kappa shape index (κ1) is 11.4. The Labute approximate surface area is 93.6 Å². The monoisotopic (exact) mass is 211 g/mol. The molecule has 88 valence electrons. The Morgan fingerprint density at radius 2 is 2.07 bits per heavy atom. The average Bonchev–Trinajstić information content (AvgIpc) is 2.16. The largest absolute Gasteiger partial charge is 0.329 e. The fourth-order valence-electron chi connectivity index (χ4n) is 2.78. The van der Waals surface area contributed by atoms with Crippen molar-refractivity contribution in [2.24, 2.45) is 11.7 Å². The molecule has 1 atom stereocenters. The van der Waals surface area contributed by atoms with Gasteiger partial charge < -0.3 is 10.6 Å². The van der Waals surface area contributed by atoms with Crippen molar-refractivity contribution in [3.8, 4) is 0 Å². The second kappa shape index (κ2) is 5.28. The Morgan fingerprint density at radius 3 is 2.60 bits per heavy atom. The summed E-state index contributed by atoms with van der Waals surface area (Å²) in [6.45, 7) is 9.26. The minimum absolute atomic E-state index is 0.697. The summed E-state index contributed by atoms with van der Waals surface area (Å²) in [5.74, 6) is 1.01. The molecule has 0 bridgehead atoms. The lowest BCUT2D eigenvalue weighted by atomic mass is 9.85. The van der Waals surface area contributed by atoms with E-state index in [1.807, 2.05) is 0 Å². The van der Waals surface area contributed by atoms with Gasteiger partial charge in [0.2, 0.25) is 0 Å². The number of rotatable bonds is 4. The molecule has 0 aromatic rings. The molecule has 15 heavy (non-hydrogen) atoms. The summed E-state index contributed by atoms with van der Waals surface area (Å²) >= 11 is 0. The third-order valence-electron chi connectivity index (χ3n) is 4.01. The van der Waals surface area contributed by atoms with E-state index in [1.165, 1.54) is 45.4 Å². The molecule has 2 N–H and O–H groups in total. The highest BCUT2D eigenvalue weighted by atomic mass is 15.3. The van der Waals surface area contributed by atoms with E-state index in [-0.39, 0.29) is 0 Å². The van der Waals surface area contributed by atoms with Crippen molar-refractivity contribution < 1.29 is 0 Å². The maximum absolute atomic E-state index is 5.61. The topological polar surface area (TPSA) is 32.5 Å². The van der Waals surface area contributed by atoms with Gasteiger partial charge in [0, 0.05) is 45.3 Å². The van der Waals surface area contributed by atoms with E-state index < -0.39 is 0 Å². The maximum atomic E-state index is 5.61. The van der Waals surface area contributed by atoms with E-state index in [1.54, 1.807) is 0 Å². The molecular formula is C12H25N3. The molecule has 1 saturated carbocycles. The van der Waals surface area contributed by atoms with Crippen molar-refractivity contribution in [1.29, 1.82) is 0 Å². The van der Waals surface area contributed by atoms with E-state index in [0.29, 0.717) is 6.04 Å². The molecule has 1 heterocycles. The Balaban J connectivity index is 1.72. The van der Waals surface area contributed by atoms with Crippen LogP contribution < -0.4 is 5.73 Å². The van der Waals surface area contributed by atoms with Crippen LogP contribution in [-0.4, -0.2) is 55.1 Å². The van der Waals surface area contributed by atoms with Crippen LogP contribution in [0.3, 0.4) is 0 Å². The van der Waals surface area contributed by atoms with Gasteiger partial charge >= 0.3 is 0 Å². The summed E-state index contributed by atoms with van der Waals surface area (Å²) in [5.41, 5.74) is 5.61. The molecular weight excluding hydrogens is 186 g/mol. The lowest BCUT2D eigenvalue weighted by Crippen LogP contribution is -2.54. The third-order valence-corrected chi connectivity index (χ3v) is 4.01. The molecule has 3 heteroatoms. The highest BCUT2D eigenvalue weighted by molar-refractivity contribution is 4.82. The number of piperazine rings is 1. The Morgan fingerprint density at radius 1 is 1.27 bits per heavy atom. The van der Waals surface area contributed by atoms with Crippen molar-refractivity contribution in [2.75, 3.05) is 39.3 Å². The van der Waals surface area contributed by atoms with E-state index in [0.717, 1.165) is 19.0 Å². The Kier molecular flexibility index (Phi) is 4.00. The van der Waals surface area contributed by atoms with Gasteiger partial charge in [0.15, 0.2) is 0 Å². The molecule has 2 aliphatic rings. The van der Waals surface area contributed by atoms with Gasteiger partial charge in [-0.1, -0.05) is 6.42 Å². The smallest absolute Gasteiger partial charge is 0.0195 e. The highest BCUT2D eigenvalue weighted by Gasteiger charge is 2.26. The lowest BCUT2D eigenvalue weighted by Gasteiger charge is -2.42. The van der Waals surface area contributed by atoms with Gasteiger partial charge in [-0.3, -0.25) is 4.90 Å². The second-order valence-corrected chi connectivity index (χ2v) is 5.23. The van der Waals surface area contributed by atoms with E-state index in [2.05, 4.69) is 16.7 Å². The molecule has 1 aliphatic heterocycles. The van der Waals surface area contributed by atoms with Gasteiger partial charge in [-0.2, -0.15) is 0 Å². The summed E-state index contributed by atoms with van der Waals surface area (Å²) in [5, 5.41) is 0. The highest BCUT2D eigenvalue weighted by Crippen LogP contribution is 2.27.